The second-order valence-electron chi connectivity index (χ2n) is 6.36. The van der Waals surface area contributed by atoms with Crippen molar-refractivity contribution in [3.05, 3.63) is 52.6 Å². The van der Waals surface area contributed by atoms with Crippen molar-refractivity contribution in [2.24, 2.45) is 0 Å². The van der Waals surface area contributed by atoms with E-state index in [1.807, 2.05) is 20.1 Å². The molecule has 1 aromatic carbocycles. The summed E-state index contributed by atoms with van der Waals surface area (Å²) in [6.45, 7) is 3.51. The zero-order valence-corrected chi connectivity index (χ0v) is 17.3. The number of aromatic nitrogens is 2. The van der Waals surface area contributed by atoms with Crippen LogP contribution in [0.25, 0.3) is 0 Å². The maximum atomic E-state index is 13.7. The number of carbonyl (C=O) groups is 2. The summed E-state index contributed by atoms with van der Waals surface area (Å²) in [6.07, 6.45) is 2.49. The number of amides is 1. The lowest BCUT2D eigenvalue weighted by Gasteiger charge is -2.17. The van der Waals surface area contributed by atoms with Gasteiger partial charge in [0.2, 0.25) is 0 Å². The van der Waals surface area contributed by atoms with Crippen LogP contribution in [0, 0.1) is 19.7 Å². The molecule has 6 nitrogen and oxygen atoms in total. The predicted molar refractivity (Wildman–Crippen MR) is 105 cm³/mol. The lowest BCUT2D eigenvalue weighted by molar-refractivity contribution is -0.151. The van der Waals surface area contributed by atoms with Gasteiger partial charge in [0.1, 0.15) is 5.82 Å². The number of benzene rings is 1. The average molecular weight is 405 g/mol. The van der Waals surface area contributed by atoms with Gasteiger partial charge in [-0.25, -0.2) is 14.4 Å². The van der Waals surface area contributed by atoms with Gasteiger partial charge in [0.25, 0.3) is 5.91 Å². The fourth-order valence-corrected chi connectivity index (χ4v) is 3.14. The van der Waals surface area contributed by atoms with E-state index in [0.29, 0.717) is 17.1 Å². The molecule has 28 heavy (non-hydrogen) atoms. The molecule has 0 unspecified atom stereocenters. The first-order chi connectivity index (χ1) is 13.3. The van der Waals surface area contributed by atoms with Crippen LogP contribution in [0.2, 0.25) is 0 Å². The van der Waals surface area contributed by atoms with Gasteiger partial charge in [0, 0.05) is 37.0 Å². The Kier molecular flexibility index (Phi) is 7.92. The summed E-state index contributed by atoms with van der Waals surface area (Å²) in [6, 6.07) is 6.25. The monoisotopic (exact) mass is 405 g/mol. The molecule has 0 aliphatic carbocycles. The molecule has 0 saturated carbocycles. The summed E-state index contributed by atoms with van der Waals surface area (Å²) in [5, 5.41) is 0.699. The Morgan fingerprint density at radius 3 is 2.43 bits per heavy atom. The van der Waals surface area contributed by atoms with Crippen LogP contribution in [0.15, 0.2) is 29.4 Å². The number of carbonyl (C=O) groups excluding carboxylic acids is 2. The van der Waals surface area contributed by atoms with E-state index in [1.165, 1.54) is 22.7 Å². The summed E-state index contributed by atoms with van der Waals surface area (Å²) in [4.78, 5) is 34.2. The van der Waals surface area contributed by atoms with Crippen molar-refractivity contribution in [2.45, 2.75) is 38.4 Å². The van der Waals surface area contributed by atoms with Gasteiger partial charge in [-0.3, -0.25) is 9.59 Å². The molecule has 1 aromatic heterocycles. The average Bonchev–Trinajstić information content (AvgIpc) is 2.66. The number of halogens is 1. The second-order valence-corrected chi connectivity index (χ2v) is 7.13. The number of rotatable bonds is 8. The lowest BCUT2D eigenvalue weighted by Crippen LogP contribution is -2.31. The highest BCUT2D eigenvalue weighted by Gasteiger charge is 2.15. The first-order valence-corrected chi connectivity index (χ1v) is 10.1. The molecule has 0 aliphatic rings. The summed E-state index contributed by atoms with van der Waals surface area (Å²) in [7, 11) is 1.54. The van der Waals surface area contributed by atoms with Crippen molar-refractivity contribution in [1.82, 2.24) is 14.9 Å². The highest BCUT2D eigenvalue weighted by Crippen LogP contribution is 2.17. The standard InChI is InChI=1S/C20H24FN3O3S/c1-13-16(14(2)23-20(22-13)28-4)9-10-19(26)27-12-18(25)24(3)11-15-7-5-6-8-17(15)21/h5-8H,9-12H2,1-4H3. The van der Waals surface area contributed by atoms with E-state index in [4.69, 9.17) is 4.74 Å². The Morgan fingerprint density at radius 2 is 1.82 bits per heavy atom. The molecule has 0 N–H and O–H groups in total. The van der Waals surface area contributed by atoms with Crippen LogP contribution in [0.5, 0.6) is 0 Å². The highest BCUT2D eigenvalue weighted by molar-refractivity contribution is 7.98. The van der Waals surface area contributed by atoms with Crippen LogP contribution in [-0.2, 0) is 27.3 Å². The Bertz CT molecular complexity index is 837. The number of thioether (sulfide) groups is 1. The molecule has 0 spiro atoms. The Morgan fingerprint density at radius 1 is 1.18 bits per heavy atom. The van der Waals surface area contributed by atoms with Gasteiger partial charge in [-0.05, 0) is 38.2 Å². The first-order valence-electron chi connectivity index (χ1n) is 8.83. The number of likely N-dealkylation sites (N-methyl/N-ethyl adjacent to an activating group) is 1. The summed E-state index contributed by atoms with van der Waals surface area (Å²) >= 11 is 1.47. The number of nitrogens with zero attached hydrogens (tertiary/aromatic N) is 3. The first kappa shape index (κ1) is 21.8. The molecule has 0 radical (unpaired) electrons. The maximum absolute atomic E-state index is 13.7. The van der Waals surface area contributed by atoms with Crippen LogP contribution in [-0.4, -0.2) is 46.7 Å². The number of ether oxygens (including phenoxy) is 1. The van der Waals surface area contributed by atoms with Crippen molar-refractivity contribution in [3.63, 3.8) is 0 Å². The van der Waals surface area contributed by atoms with Gasteiger partial charge < -0.3 is 9.64 Å². The molecule has 0 bridgehead atoms. The van der Waals surface area contributed by atoms with Crippen molar-refractivity contribution < 1.29 is 18.7 Å². The number of hydrogen-bond donors (Lipinski definition) is 0. The summed E-state index contributed by atoms with van der Waals surface area (Å²) in [5.74, 6) is -1.24. The molecular weight excluding hydrogens is 381 g/mol. The third-order valence-electron chi connectivity index (χ3n) is 4.31. The third-order valence-corrected chi connectivity index (χ3v) is 4.86. The normalized spacial score (nSPS) is 10.6. The Balaban J connectivity index is 1.82. The molecule has 0 atom stereocenters. The number of hydrogen-bond acceptors (Lipinski definition) is 6. The largest absolute Gasteiger partial charge is 0.456 e. The van der Waals surface area contributed by atoms with Gasteiger partial charge in [-0.15, -0.1) is 0 Å². The fraction of sp³-hybridized carbons (Fsp3) is 0.400. The summed E-state index contributed by atoms with van der Waals surface area (Å²) in [5.41, 5.74) is 3.00. The van der Waals surface area contributed by atoms with Gasteiger partial charge in [-0.1, -0.05) is 30.0 Å². The molecule has 0 saturated heterocycles. The Labute approximate surface area is 168 Å². The van der Waals surface area contributed by atoms with Crippen LogP contribution in [0.3, 0.4) is 0 Å². The van der Waals surface area contributed by atoms with E-state index in [-0.39, 0.29) is 25.4 Å². The van der Waals surface area contributed by atoms with Crippen LogP contribution in [0.4, 0.5) is 4.39 Å². The van der Waals surface area contributed by atoms with Crippen molar-refractivity contribution >= 4 is 23.6 Å². The lowest BCUT2D eigenvalue weighted by atomic mass is 10.1. The predicted octanol–water partition coefficient (Wildman–Crippen LogP) is 3.09. The molecule has 2 rings (SSSR count). The second kappa shape index (κ2) is 10.2. The van der Waals surface area contributed by atoms with Crippen LogP contribution in [0.1, 0.15) is 28.9 Å². The minimum atomic E-state index is -0.472. The SMILES string of the molecule is CSc1nc(C)c(CCC(=O)OCC(=O)N(C)Cc2ccccc2F)c(C)n1. The minimum Gasteiger partial charge on any atom is -0.456 e. The van der Waals surface area contributed by atoms with E-state index in [0.717, 1.165) is 17.0 Å². The topological polar surface area (TPSA) is 72.4 Å². The van der Waals surface area contributed by atoms with Crippen molar-refractivity contribution in [2.75, 3.05) is 19.9 Å². The molecule has 2 aromatic rings. The van der Waals surface area contributed by atoms with Crippen molar-refractivity contribution in [3.8, 4) is 0 Å². The molecule has 8 heteroatoms. The molecule has 150 valence electrons. The van der Waals surface area contributed by atoms with Crippen molar-refractivity contribution in [1.29, 1.82) is 0 Å². The van der Waals surface area contributed by atoms with E-state index in [9.17, 15) is 14.0 Å². The van der Waals surface area contributed by atoms with Crippen LogP contribution < -0.4 is 0 Å². The number of esters is 1. The smallest absolute Gasteiger partial charge is 0.306 e. The zero-order chi connectivity index (χ0) is 20.7. The fourth-order valence-electron chi connectivity index (χ4n) is 2.68. The van der Waals surface area contributed by atoms with Gasteiger partial charge >= 0.3 is 5.97 Å². The molecule has 1 amide bonds. The zero-order valence-electron chi connectivity index (χ0n) is 16.5. The van der Waals surface area contributed by atoms with Gasteiger partial charge in [0.05, 0.1) is 0 Å². The molecular formula is C20H24FN3O3S. The number of aryl methyl sites for hydroxylation is 2. The molecule has 0 fully saturated rings. The highest BCUT2D eigenvalue weighted by atomic mass is 32.2. The quantitative estimate of drug-likeness (QED) is 0.382. The summed E-state index contributed by atoms with van der Waals surface area (Å²) < 4.78 is 18.7. The van der Waals surface area contributed by atoms with Gasteiger partial charge in [0.15, 0.2) is 11.8 Å². The van der Waals surface area contributed by atoms with E-state index < -0.39 is 11.9 Å². The maximum Gasteiger partial charge on any atom is 0.306 e. The van der Waals surface area contributed by atoms with Gasteiger partial charge in [-0.2, -0.15) is 0 Å². The third kappa shape index (κ3) is 6.02. The molecule has 0 aliphatic heterocycles. The van der Waals surface area contributed by atoms with Crippen LogP contribution >= 0.6 is 11.8 Å². The van der Waals surface area contributed by atoms with E-state index >= 15 is 0 Å². The molecule has 1 heterocycles. The Hall–Kier alpha value is -2.48. The van der Waals surface area contributed by atoms with E-state index in [2.05, 4.69) is 9.97 Å². The van der Waals surface area contributed by atoms with E-state index in [1.54, 1.807) is 25.2 Å². The minimum absolute atomic E-state index is 0.112.